The first-order chi connectivity index (χ1) is 12.4. The highest BCUT2D eigenvalue weighted by Gasteiger charge is 2.33. The number of ether oxygens (including phenoxy) is 3. The molecule has 26 heavy (non-hydrogen) atoms. The third kappa shape index (κ3) is 3.08. The van der Waals surface area contributed by atoms with E-state index in [1.807, 2.05) is 62.4 Å². The number of methoxy groups -OCH3 is 2. The van der Waals surface area contributed by atoms with Gasteiger partial charge in [0.2, 0.25) is 0 Å². The van der Waals surface area contributed by atoms with Crippen molar-refractivity contribution < 1.29 is 23.8 Å². The van der Waals surface area contributed by atoms with Crippen LogP contribution in [0.3, 0.4) is 0 Å². The molecule has 0 atom stereocenters. The fraction of sp³-hybridized carbons (Fsp3) is 0.238. The Hall–Kier alpha value is -3.08. The largest absolute Gasteiger partial charge is 0.482 e. The van der Waals surface area contributed by atoms with Crippen molar-refractivity contribution in [1.29, 1.82) is 0 Å². The molecule has 5 nitrogen and oxygen atoms in total. The summed E-state index contributed by atoms with van der Waals surface area (Å²) in [6.45, 7) is 3.74. The summed E-state index contributed by atoms with van der Waals surface area (Å²) in [7, 11) is 2.55. The van der Waals surface area contributed by atoms with Crippen molar-refractivity contribution in [3.63, 3.8) is 0 Å². The van der Waals surface area contributed by atoms with Gasteiger partial charge in [-0.3, -0.25) is 0 Å². The molecular weight excluding hydrogens is 332 g/mol. The Morgan fingerprint density at radius 2 is 1.58 bits per heavy atom. The molecule has 0 unspecified atom stereocenters. The van der Waals surface area contributed by atoms with Gasteiger partial charge in [0.25, 0.3) is 0 Å². The number of rotatable bonds is 3. The number of benzene rings is 2. The Morgan fingerprint density at radius 1 is 0.962 bits per heavy atom. The molecule has 1 aliphatic rings. The first-order valence-corrected chi connectivity index (χ1v) is 8.19. The van der Waals surface area contributed by atoms with E-state index >= 15 is 0 Å². The summed E-state index contributed by atoms with van der Waals surface area (Å²) in [4.78, 5) is 25.2. The fourth-order valence-corrected chi connectivity index (χ4v) is 2.96. The smallest absolute Gasteiger partial charge is 0.342 e. The van der Waals surface area contributed by atoms with Crippen molar-refractivity contribution in [2.45, 2.75) is 19.4 Å². The summed E-state index contributed by atoms with van der Waals surface area (Å²) < 4.78 is 15.9. The number of carbonyl (C=O) groups excluding carboxylic acids is 2. The van der Waals surface area contributed by atoms with Crippen LogP contribution in [-0.4, -0.2) is 31.8 Å². The topological polar surface area (TPSA) is 61.8 Å². The highest BCUT2D eigenvalue weighted by Crippen LogP contribution is 2.41. The van der Waals surface area contributed by atoms with E-state index < -0.39 is 17.5 Å². The Labute approximate surface area is 152 Å². The summed E-state index contributed by atoms with van der Waals surface area (Å²) in [5, 5.41) is 0. The number of esters is 2. The molecule has 1 aliphatic heterocycles. The highest BCUT2D eigenvalue weighted by molar-refractivity contribution is 6.10. The van der Waals surface area contributed by atoms with Gasteiger partial charge in [0, 0.05) is 5.56 Å². The summed E-state index contributed by atoms with van der Waals surface area (Å²) in [5.74, 6) is -0.946. The summed E-state index contributed by atoms with van der Waals surface area (Å²) in [6, 6.07) is 11.2. The van der Waals surface area contributed by atoms with E-state index in [1.165, 1.54) is 14.2 Å². The maximum Gasteiger partial charge on any atom is 0.342 e. The quantitative estimate of drug-likeness (QED) is 0.778. The normalized spacial score (nSPS) is 14.2. The minimum absolute atomic E-state index is 0.0770. The van der Waals surface area contributed by atoms with Gasteiger partial charge in [-0.25, -0.2) is 9.59 Å². The lowest BCUT2D eigenvalue weighted by atomic mass is 9.89. The molecular formula is C21H20O5. The Kier molecular flexibility index (Phi) is 4.55. The van der Waals surface area contributed by atoms with Crippen molar-refractivity contribution in [3.8, 4) is 16.9 Å². The van der Waals surface area contributed by atoms with E-state index in [9.17, 15) is 9.59 Å². The summed E-state index contributed by atoms with van der Waals surface area (Å²) in [5.41, 5.74) is 1.68. The second-order valence-corrected chi connectivity index (χ2v) is 6.48. The van der Waals surface area contributed by atoms with Crippen LogP contribution >= 0.6 is 0 Å². The molecule has 0 saturated heterocycles. The highest BCUT2D eigenvalue weighted by atomic mass is 16.5. The van der Waals surface area contributed by atoms with Crippen LogP contribution < -0.4 is 4.74 Å². The lowest BCUT2D eigenvalue weighted by molar-refractivity contribution is 0.0545. The second kappa shape index (κ2) is 6.67. The Bertz CT molecular complexity index is 894. The average molecular weight is 352 g/mol. The Morgan fingerprint density at radius 3 is 2.19 bits per heavy atom. The van der Waals surface area contributed by atoms with Gasteiger partial charge in [-0.15, -0.1) is 0 Å². The number of hydrogen-bond acceptors (Lipinski definition) is 5. The molecule has 0 saturated carbocycles. The van der Waals surface area contributed by atoms with Gasteiger partial charge in [-0.2, -0.15) is 0 Å². The summed E-state index contributed by atoms with van der Waals surface area (Å²) in [6.07, 6.45) is 3.79. The van der Waals surface area contributed by atoms with Gasteiger partial charge in [0.15, 0.2) is 0 Å². The first kappa shape index (κ1) is 17.7. The van der Waals surface area contributed by atoms with Crippen molar-refractivity contribution in [1.82, 2.24) is 0 Å². The molecule has 0 radical (unpaired) electrons. The first-order valence-electron chi connectivity index (χ1n) is 8.19. The van der Waals surface area contributed by atoms with Crippen LogP contribution in [0.2, 0.25) is 0 Å². The fourth-order valence-electron chi connectivity index (χ4n) is 2.96. The predicted molar refractivity (Wildman–Crippen MR) is 98.3 cm³/mol. The van der Waals surface area contributed by atoms with Crippen LogP contribution in [0.25, 0.3) is 17.2 Å². The molecule has 0 amide bonds. The van der Waals surface area contributed by atoms with Gasteiger partial charge in [-0.1, -0.05) is 36.4 Å². The molecule has 0 N–H and O–H groups in total. The Balaban J connectivity index is 2.40. The van der Waals surface area contributed by atoms with Crippen LogP contribution in [0.5, 0.6) is 5.75 Å². The maximum atomic E-state index is 12.6. The van der Waals surface area contributed by atoms with Crippen LogP contribution in [0.1, 0.15) is 40.1 Å². The van der Waals surface area contributed by atoms with Gasteiger partial charge in [0.1, 0.15) is 16.9 Å². The monoisotopic (exact) mass is 352 g/mol. The van der Waals surface area contributed by atoms with Gasteiger partial charge >= 0.3 is 11.9 Å². The number of carbonyl (C=O) groups is 2. The third-order valence-corrected chi connectivity index (χ3v) is 4.20. The lowest BCUT2D eigenvalue weighted by Gasteiger charge is -2.30. The zero-order valence-corrected chi connectivity index (χ0v) is 15.2. The van der Waals surface area contributed by atoms with E-state index in [-0.39, 0.29) is 11.1 Å². The van der Waals surface area contributed by atoms with E-state index in [2.05, 4.69) is 0 Å². The summed E-state index contributed by atoms with van der Waals surface area (Å²) >= 11 is 0. The van der Waals surface area contributed by atoms with Crippen LogP contribution in [-0.2, 0) is 9.47 Å². The van der Waals surface area contributed by atoms with E-state index in [4.69, 9.17) is 14.2 Å². The number of hydrogen-bond donors (Lipinski definition) is 0. The molecule has 1 heterocycles. The molecule has 0 aliphatic carbocycles. The minimum Gasteiger partial charge on any atom is -0.482 e. The zero-order valence-electron chi connectivity index (χ0n) is 15.2. The van der Waals surface area contributed by atoms with Gasteiger partial charge in [0.05, 0.1) is 19.8 Å². The average Bonchev–Trinajstić information content (AvgIpc) is 2.65. The van der Waals surface area contributed by atoms with Crippen LogP contribution in [0, 0.1) is 0 Å². The molecule has 2 aromatic rings. The number of fused-ring (bicyclic) bond motifs is 1. The standard InChI is InChI=1S/C21H20O5/c1-21(2)11-10-14-12-15(13-8-6-5-7-9-13)16(19(22)24-3)17(18(14)26-21)20(23)25-4/h5-12H,1-4H3. The lowest BCUT2D eigenvalue weighted by Crippen LogP contribution is -2.30. The predicted octanol–water partition coefficient (Wildman–Crippen LogP) is 4.11. The minimum atomic E-state index is -0.648. The van der Waals surface area contributed by atoms with Crippen molar-refractivity contribution >= 4 is 18.0 Å². The molecule has 0 aromatic heterocycles. The van der Waals surface area contributed by atoms with Crippen molar-refractivity contribution in [2.75, 3.05) is 14.2 Å². The molecule has 2 aromatic carbocycles. The maximum absolute atomic E-state index is 12.6. The van der Waals surface area contributed by atoms with Gasteiger partial charge < -0.3 is 14.2 Å². The second-order valence-electron chi connectivity index (χ2n) is 6.48. The molecule has 134 valence electrons. The van der Waals surface area contributed by atoms with Crippen LogP contribution in [0.4, 0.5) is 0 Å². The molecule has 0 spiro atoms. The molecule has 5 heteroatoms. The third-order valence-electron chi connectivity index (χ3n) is 4.20. The molecule has 0 fully saturated rings. The van der Waals surface area contributed by atoms with E-state index in [0.717, 1.165) is 5.56 Å². The molecule has 0 bridgehead atoms. The van der Waals surface area contributed by atoms with E-state index in [1.54, 1.807) is 0 Å². The SMILES string of the molecule is COC(=O)c1c(-c2ccccc2)cc2c(c1C(=O)OC)OC(C)(C)C=C2. The van der Waals surface area contributed by atoms with E-state index in [0.29, 0.717) is 16.9 Å². The van der Waals surface area contributed by atoms with Gasteiger partial charge in [-0.05, 0) is 37.1 Å². The van der Waals surface area contributed by atoms with Crippen molar-refractivity contribution in [3.05, 3.63) is 59.2 Å². The zero-order chi connectivity index (χ0) is 18.9. The van der Waals surface area contributed by atoms with Crippen LogP contribution in [0.15, 0.2) is 42.5 Å². The molecule has 3 rings (SSSR count). The van der Waals surface area contributed by atoms with Crippen molar-refractivity contribution in [2.24, 2.45) is 0 Å².